The average molecular weight is 538 g/mol. The topological polar surface area (TPSA) is 66.5 Å². The maximum atomic E-state index is 13.4. The van der Waals surface area contributed by atoms with Crippen molar-refractivity contribution in [2.24, 2.45) is 0 Å². The molecule has 0 spiro atoms. The number of carbonyl (C=O) groups is 1. The van der Waals surface area contributed by atoms with E-state index in [1.165, 1.54) is 7.11 Å². The number of carbonyl (C=O) groups excluding carboxylic acids is 1. The summed E-state index contributed by atoms with van der Waals surface area (Å²) in [7, 11) is 4.70. The Morgan fingerprint density at radius 3 is 2.17 bits per heavy atom. The Labute approximate surface area is 233 Å². The molecule has 4 aromatic rings. The number of esters is 1. The highest BCUT2D eigenvalue weighted by Crippen LogP contribution is 2.51. The average Bonchev–Trinajstić information content (AvgIpc) is 3.04. The lowest BCUT2D eigenvalue weighted by molar-refractivity contribution is 0.0602. The maximum Gasteiger partial charge on any atom is 0.340 e. The predicted octanol–water partition coefficient (Wildman–Crippen LogP) is 5.83. The van der Waals surface area contributed by atoms with Gasteiger partial charge in [0.15, 0.2) is 5.60 Å². The number of methoxy groups -OCH3 is 3. The van der Waals surface area contributed by atoms with E-state index < -0.39 is 11.6 Å². The minimum atomic E-state index is -0.925. The van der Waals surface area contributed by atoms with Crippen LogP contribution >= 0.6 is 0 Å². The van der Waals surface area contributed by atoms with Crippen molar-refractivity contribution in [3.63, 3.8) is 0 Å². The quantitative estimate of drug-likeness (QED) is 0.287. The van der Waals surface area contributed by atoms with Crippen molar-refractivity contribution < 1.29 is 28.5 Å². The SMILES string of the molecule is COC(=O)c1c(N2CCOCC2)c2c(c3cc(OC)ccc13)OC(c1ccccc1)(c1ccc(OC)cc1)C=C2. The fourth-order valence-corrected chi connectivity index (χ4v) is 5.66. The Balaban J connectivity index is 1.67. The summed E-state index contributed by atoms with van der Waals surface area (Å²) in [6.45, 7) is 2.43. The smallest absolute Gasteiger partial charge is 0.340 e. The van der Waals surface area contributed by atoms with Gasteiger partial charge >= 0.3 is 5.97 Å². The highest BCUT2D eigenvalue weighted by atomic mass is 16.5. The zero-order valence-corrected chi connectivity index (χ0v) is 22.8. The summed E-state index contributed by atoms with van der Waals surface area (Å²) < 4.78 is 29.2. The molecule has 1 fully saturated rings. The molecule has 0 aliphatic carbocycles. The molecular formula is C33H31NO6. The summed E-state index contributed by atoms with van der Waals surface area (Å²) in [5.74, 6) is 1.70. The van der Waals surface area contributed by atoms with Crippen LogP contribution in [0.15, 0.2) is 78.9 Å². The Morgan fingerprint density at radius 2 is 1.50 bits per heavy atom. The van der Waals surface area contributed by atoms with E-state index in [9.17, 15) is 4.79 Å². The Kier molecular flexibility index (Phi) is 6.82. The molecule has 1 atom stereocenters. The first-order chi connectivity index (χ1) is 19.6. The molecule has 0 amide bonds. The number of ether oxygens (including phenoxy) is 5. The van der Waals surface area contributed by atoms with E-state index in [1.54, 1.807) is 14.2 Å². The fourth-order valence-electron chi connectivity index (χ4n) is 5.66. The lowest BCUT2D eigenvalue weighted by atomic mass is 9.82. The second-order valence-electron chi connectivity index (χ2n) is 9.73. The van der Waals surface area contributed by atoms with Crippen LogP contribution in [0, 0.1) is 0 Å². The lowest BCUT2D eigenvalue weighted by Gasteiger charge is -2.39. The van der Waals surface area contributed by atoms with E-state index in [0.717, 1.165) is 38.9 Å². The van der Waals surface area contributed by atoms with Gasteiger partial charge in [0.05, 0.1) is 45.8 Å². The molecule has 0 bridgehead atoms. The molecule has 204 valence electrons. The summed E-state index contributed by atoms with van der Waals surface area (Å²) in [5, 5.41) is 1.50. The Bertz CT molecular complexity index is 1570. The van der Waals surface area contributed by atoms with Crippen LogP contribution in [0.25, 0.3) is 16.8 Å². The highest BCUT2D eigenvalue weighted by molar-refractivity contribution is 6.14. The van der Waals surface area contributed by atoms with E-state index >= 15 is 0 Å². The zero-order valence-electron chi connectivity index (χ0n) is 22.8. The van der Waals surface area contributed by atoms with E-state index in [4.69, 9.17) is 23.7 Å². The normalized spacial score (nSPS) is 18.1. The molecule has 0 radical (unpaired) electrons. The largest absolute Gasteiger partial charge is 0.497 e. The van der Waals surface area contributed by atoms with E-state index in [2.05, 4.69) is 29.2 Å². The first-order valence-electron chi connectivity index (χ1n) is 13.3. The number of hydrogen-bond acceptors (Lipinski definition) is 7. The first-order valence-corrected chi connectivity index (χ1v) is 13.3. The molecule has 2 heterocycles. The van der Waals surface area contributed by atoms with Gasteiger partial charge in [-0.3, -0.25) is 0 Å². The molecule has 6 rings (SSSR count). The fraction of sp³-hybridized carbons (Fsp3) is 0.242. The minimum Gasteiger partial charge on any atom is -0.497 e. The molecule has 2 aliphatic heterocycles. The van der Waals surface area contributed by atoms with Crippen LogP contribution in [0.3, 0.4) is 0 Å². The summed E-state index contributed by atoms with van der Waals surface area (Å²) in [5.41, 5.74) is 3.11. The van der Waals surface area contributed by atoms with Crippen LogP contribution in [0.1, 0.15) is 27.0 Å². The Morgan fingerprint density at radius 1 is 0.825 bits per heavy atom. The summed E-state index contributed by atoms with van der Waals surface area (Å²) >= 11 is 0. The summed E-state index contributed by atoms with van der Waals surface area (Å²) in [4.78, 5) is 15.6. The van der Waals surface area contributed by atoms with Gasteiger partial charge < -0.3 is 28.6 Å². The molecule has 1 unspecified atom stereocenters. The molecule has 7 nitrogen and oxygen atoms in total. The van der Waals surface area contributed by atoms with E-state index in [1.807, 2.05) is 60.7 Å². The van der Waals surface area contributed by atoms with Gasteiger partial charge in [0, 0.05) is 40.6 Å². The van der Waals surface area contributed by atoms with Crippen LogP contribution in [0.4, 0.5) is 5.69 Å². The third-order valence-corrected chi connectivity index (χ3v) is 7.66. The van der Waals surface area contributed by atoms with Crippen molar-refractivity contribution in [2.75, 3.05) is 52.5 Å². The van der Waals surface area contributed by atoms with Gasteiger partial charge in [-0.2, -0.15) is 0 Å². The second kappa shape index (κ2) is 10.6. The van der Waals surface area contributed by atoms with Crippen molar-refractivity contribution in [3.05, 3.63) is 101 Å². The molecule has 0 aromatic heterocycles. The molecule has 40 heavy (non-hydrogen) atoms. The number of nitrogens with zero attached hydrogens (tertiary/aromatic N) is 1. The third kappa shape index (κ3) is 4.23. The molecule has 0 saturated carbocycles. The molecule has 0 N–H and O–H groups in total. The number of rotatable bonds is 6. The number of benzene rings is 4. The highest BCUT2D eigenvalue weighted by Gasteiger charge is 2.40. The van der Waals surface area contributed by atoms with Gasteiger partial charge in [0.2, 0.25) is 0 Å². The van der Waals surface area contributed by atoms with Gasteiger partial charge in [0.1, 0.15) is 17.2 Å². The summed E-state index contributed by atoms with van der Waals surface area (Å²) in [6, 6.07) is 23.7. The van der Waals surface area contributed by atoms with Crippen molar-refractivity contribution >= 4 is 28.5 Å². The van der Waals surface area contributed by atoms with Gasteiger partial charge in [-0.05, 0) is 42.5 Å². The maximum absolute atomic E-state index is 13.4. The van der Waals surface area contributed by atoms with Crippen molar-refractivity contribution in [2.45, 2.75) is 5.60 Å². The molecule has 7 heteroatoms. The minimum absolute atomic E-state index is 0.400. The first kappa shape index (κ1) is 25.8. The van der Waals surface area contributed by atoms with Gasteiger partial charge in [-0.1, -0.05) is 42.5 Å². The number of morpholine rings is 1. The predicted molar refractivity (Wildman–Crippen MR) is 155 cm³/mol. The van der Waals surface area contributed by atoms with Crippen molar-refractivity contribution in [1.82, 2.24) is 0 Å². The molecular weight excluding hydrogens is 506 g/mol. The Hall–Kier alpha value is -4.49. The van der Waals surface area contributed by atoms with Crippen LogP contribution in [0.5, 0.6) is 17.2 Å². The molecule has 4 aromatic carbocycles. The number of anilines is 1. The van der Waals surface area contributed by atoms with E-state index in [0.29, 0.717) is 43.4 Å². The van der Waals surface area contributed by atoms with Crippen LogP contribution in [-0.2, 0) is 15.1 Å². The van der Waals surface area contributed by atoms with Crippen LogP contribution in [-0.4, -0.2) is 53.6 Å². The van der Waals surface area contributed by atoms with Crippen molar-refractivity contribution in [3.8, 4) is 17.2 Å². The molecule has 2 aliphatic rings. The lowest BCUT2D eigenvalue weighted by Crippen LogP contribution is -2.39. The van der Waals surface area contributed by atoms with Gasteiger partial charge in [0.25, 0.3) is 0 Å². The van der Waals surface area contributed by atoms with Gasteiger partial charge in [-0.15, -0.1) is 0 Å². The van der Waals surface area contributed by atoms with E-state index in [-0.39, 0.29) is 0 Å². The monoisotopic (exact) mass is 537 g/mol. The number of hydrogen-bond donors (Lipinski definition) is 0. The summed E-state index contributed by atoms with van der Waals surface area (Å²) in [6.07, 6.45) is 4.15. The van der Waals surface area contributed by atoms with Gasteiger partial charge in [-0.25, -0.2) is 4.79 Å². The zero-order chi connectivity index (χ0) is 27.7. The van der Waals surface area contributed by atoms with Crippen LogP contribution < -0.4 is 19.1 Å². The third-order valence-electron chi connectivity index (χ3n) is 7.66. The standard InChI is InChI=1S/C33H31NO6/c1-36-24-11-9-23(10-12-24)33(22-7-5-4-6-8-22)16-15-27-30(34-17-19-39-20-18-34)29(32(35)38-3)26-14-13-25(37-2)21-28(26)31(27)40-33/h4-16,21H,17-20H2,1-3H3. The van der Waals surface area contributed by atoms with Crippen molar-refractivity contribution in [1.29, 1.82) is 0 Å². The number of fused-ring (bicyclic) bond motifs is 3. The molecule has 1 saturated heterocycles. The van der Waals surface area contributed by atoms with Crippen LogP contribution in [0.2, 0.25) is 0 Å². The second-order valence-corrected chi connectivity index (χ2v) is 9.73.